The maximum atomic E-state index is 12.4. The minimum Gasteiger partial charge on any atom is -0.347 e. The van der Waals surface area contributed by atoms with Gasteiger partial charge in [-0.2, -0.15) is 0 Å². The Morgan fingerprint density at radius 2 is 1.96 bits per heavy atom. The summed E-state index contributed by atoms with van der Waals surface area (Å²) in [7, 11) is 2.03. The van der Waals surface area contributed by atoms with E-state index in [4.69, 9.17) is 0 Å². The number of likely N-dealkylation sites (N-methyl/N-ethyl adjacent to an activating group) is 1. The van der Waals surface area contributed by atoms with Crippen molar-refractivity contribution in [3.63, 3.8) is 0 Å². The third-order valence-electron chi connectivity index (χ3n) is 4.24. The number of para-hydroxylation sites is 1. The number of fused-ring (bicyclic) bond motifs is 1. The van der Waals surface area contributed by atoms with Crippen LogP contribution in [0.2, 0.25) is 0 Å². The molecule has 1 aliphatic rings. The Labute approximate surface area is 141 Å². The van der Waals surface area contributed by atoms with E-state index >= 15 is 0 Å². The molecular formula is C19H20N2OS. The zero-order chi connectivity index (χ0) is 16.4. The monoisotopic (exact) mass is 324 g/mol. The Balaban J connectivity index is 1.78. The lowest BCUT2D eigenvalue weighted by atomic mass is 9.83. The summed E-state index contributed by atoms with van der Waals surface area (Å²) in [6, 6.07) is 14.1. The van der Waals surface area contributed by atoms with Crippen LogP contribution in [0.4, 0.5) is 5.69 Å². The fourth-order valence-electron chi connectivity index (χ4n) is 3.03. The van der Waals surface area contributed by atoms with Crippen molar-refractivity contribution < 1.29 is 4.79 Å². The van der Waals surface area contributed by atoms with Gasteiger partial charge in [0, 0.05) is 36.1 Å². The van der Waals surface area contributed by atoms with Crippen LogP contribution in [0.1, 0.15) is 19.4 Å². The number of hydrogen-bond acceptors (Lipinski definition) is 4. The van der Waals surface area contributed by atoms with E-state index in [1.165, 1.54) is 23.0 Å². The second-order valence-electron chi connectivity index (χ2n) is 6.15. The zero-order valence-electron chi connectivity index (χ0n) is 13.6. The highest BCUT2D eigenvalue weighted by atomic mass is 32.2. The zero-order valence-corrected chi connectivity index (χ0v) is 14.4. The first kappa shape index (κ1) is 15.8. The van der Waals surface area contributed by atoms with Crippen LogP contribution in [-0.4, -0.2) is 23.6 Å². The van der Waals surface area contributed by atoms with Crippen molar-refractivity contribution in [1.29, 1.82) is 0 Å². The molecule has 1 aromatic heterocycles. The van der Waals surface area contributed by atoms with Gasteiger partial charge in [0.25, 0.3) is 0 Å². The van der Waals surface area contributed by atoms with E-state index in [0.29, 0.717) is 5.75 Å². The molecule has 2 aromatic rings. The third kappa shape index (κ3) is 3.04. The molecule has 0 atom stereocenters. The minimum absolute atomic E-state index is 0.114. The van der Waals surface area contributed by atoms with E-state index in [1.54, 1.807) is 12.3 Å². The van der Waals surface area contributed by atoms with Crippen molar-refractivity contribution in [1.82, 2.24) is 4.98 Å². The normalized spacial score (nSPS) is 17.3. The fraction of sp³-hybridized carbons (Fsp3) is 0.263. The highest BCUT2D eigenvalue weighted by Crippen LogP contribution is 2.46. The van der Waals surface area contributed by atoms with E-state index in [0.717, 1.165) is 10.7 Å². The summed E-state index contributed by atoms with van der Waals surface area (Å²) in [5, 5.41) is 0.876. The second kappa shape index (κ2) is 6.20. The number of rotatable bonds is 4. The summed E-state index contributed by atoms with van der Waals surface area (Å²) in [5.41, 5.74) is 3.33. The molecule has 3 rings (SSSR count). The summed E-state index contributed by atoms with van der Waals surface area (Å²) in [6.45, 7) is 4.33. The Hall–Kier alpha value is -2.07. The van der Waals surface area contributed by atoms with Crippen LogP contribution >= 0.6 is 11.8 Å². The molecule has 118 valence electrons. The van der Waals surface area contributed by atoms with Gasteiger partial charge in [0.05, 0.1) is 10.8 Å². The van der Waals surface area contributed by atoms with Crippen LogP contribution in [-0.2, 0) is 10.2 Å². The van der Waals surface area contributed by atoms with Crippen molar-refractivity contribution in [2.24, 2.45) is 0 Å². The Morgan fingerprint density at radius 3 is 2.65 bits per heavy atom. The predicted octanol–water partition coefficient (Wildman–Crippen LogP) is 4.05. The molecule has 0 spiro atoms. The van der Waals surface area contributed by atoms with Crippen LogP contribution in [0.25, 0.3) is 0 Å². The lowest BCUT2D eigenvalue weighted by Crippen LogP contribution is -2.24. The van der Waals surface area contributed by atoms with Crippen molar-refractivity contribution in [2.45, 2.75) is 24.3 Å². The van der Waals surface area contributed by atoms with Gasteiger partial charge >= 0.3 is 0 Å². The van der Waals surface area contributed by atoms with Crippen LogP contribution in [0.3, 0.4) is 0 Å². The van der Waals surface area contributed by atoms with Crippen molar-refractivity contribution in [3.05, 3.63) is 66.0 Å². The Kier molecular flexibility index (Phi) is 4.26. The number of ketones is 1. The molecule has 0 fully saturated rings. The highest BCUT2D eigenvalue weighted by molar-refractivity contribution is 7.99. The van der Waals surface area contributed by atoms with E-state index in [-0.39, 0.29) is 11.2 Å². The maximum absolute atomic E-state index is 12.4. The second-order valence-corrected chi connectivity index (χ2v) is 7.15. The standard InChI is InChI=1S/C19H20N2OS/c1-19(2)15-8-4-5-9-16(15)21(3)17(19)12-14(22)13-23-18-10-6-7-11-20-18/h4-12H,13H2,1-3H3/b17-12-. The van der Waals surface area contributed by atoms with Gasteiger partial charge in [0.2, 0.25) is 0 Å². The Morgan fingerprint density at radius 1 is 1.22 bits per heavy atom. The minimum atomic E-state index is -0.156. The molecule has 4 heteroatoms. The first-order valence-electron chi connectivity index (χ1n) is 7.62. The molecule has 0 saturated heterocycles. The molecular weight excluding hydrogens is 304 g/mol. The van der Waals surface area contributed by atoms with Crippen molar-refractivity contribution >= 4 is 23.2 Å². The van der Waals surface area contributed by atoms with E-state index in [9.17, 15) is 4.79 Å². The van der Waals surface area contributed by atoms with Crippen molar-refractivity contribution in [2.75, 3.05) is 17.7 Å². The quantitative estimate of drug-likeness (QED) is 0.627. The maximum Gasteiger partial charge on any atom is 0.167 e. The number of allylic oxidation sites excluding steroid dienone is 2. The molecule has 23 heavy (non-hydrogen) atoms. The molecule has 0 N–H and O–H groups in total. The van der Waals surface area contributed by atoms with Gasteiger partial charge in [-0.1, -0.05) is 49.9 Å². The van der Waals surface area contributed by atoms with E-state index < -0.39 is 0 Å². The predicted molar refractivity (Wildman–Crippen MR) is 95.9 cm³/mol. The largest absolute Gasteiger partial charge is 0.347 e. The number of thioether (sulfide) groups is 1. The number of aromatic nitrogens is 1. The van der Waals surface area contributed by atoms with Crippen LogP contribution < -0.4 is 4.90 Å². The van der Waals surface area contributed by atoms with Gasteiger partial charge in [-0.15, -0.1) is 0 Å². The summed E-state index contributed by atoms with van der Waals surface area (Å²) in [5.74, 6) is 0.518. The van der Waals surface area contributed by atoms with Gasteiger partial charge < -0.3 is 4.90 Å². The molecule has 3 nitrogen and oxygen atoms in total. The lowest BCUT2D eigenvalue weighted by molar-refractivity contribution is -0.112. The van der Waals surface area contributed by atoms with Gasteiger partial charge in [0.15, 0.2) is 5.78 Å². The summed E-state index contributed by atoms with van der Waals surface area (Å²) in [6.07, 6.45) is 3.53. The topological polar surface area (TPSA) is 33.2 Å². The number of pyridine rings is 1. The molecule has 1 aromatic carbocycles. The van der Waals surface area contributed by atoms with E-state index in [1.807, 2.05) is 31.3 Å². The molecule has 2 heterocycles. The van der Waals surface area contributed by atoms with Gasteiger partial charge in [0.1, 0.15) is 0 Å². The fourth-order valence-corrected chi connectivity index (χ4v) is 3.71. The molecule has 0 unspecified atom stereocenters. The number of carbonyl (C=O) groups is 1. The van der Waals surface area contributed by atoms with Crippen LogP contribution in [0.15, 0.2) is 65.5 Å². The van der Waals surface area contributed by atoms with Crippen LogP contribution in [0, 0.1) is 0 Å². The summed E-state index contributed by atoms with van der Waals surface area (Å²) < 4.78 is 0. The van der Waals surface area contributed by atoms with E-state index in [2.05, 4.69) is 41.9 Å². The number of benzene rings is 1. The SMILES string of the molecule is CN1/C(=C\C(=O)CSc2ccccn2)C(C)(C)c2ccccc21. The first-order chi connectivity index (χ1) is 11.0. The van der Waals surface area contributed by atoms with Crippen LogP contribution in [0.5, 0.6) is 0 Å². The lowest BCUT2D eigenvalue weighted by Gasteiger charge is -2.23. The first-order valence-corrected chi connectivity index (χ1v) is 8.61. The summed E-state index contributed by atoms with van der Waals surface area (Å²) >= 11 is 1.47. The molecule has 0 aliphatic carbocycles. The average molecular weight is 324 g/mol. The Bertz CT molecular complexity index is 753. The molecule has 0 amide bonds. The van der Waals surface area contributed by atoms with Crippen molar-refractivity contribution in [3.8, 4) is 0 Å². The van der Waals surface area contributed by atoms with Gasteiger partial charge in [-0.25, -0.2) is 4.98 Å². The highest BCUT2D eigenvalue weighted by Gasteiger charge is 2.38. The third-order valence-corrected chi connectivity index (χ3v) is 5.20. The molecule has 0 bridgehead atoms. The molecule has 1 aliphatic heterocycles. The number of hydrogen-bond donors (Lipinski definition) is 0. The molecule has 0 radical (unpaired) electrons. The molecule has 0 saturated carbocycles. The van der Waals surface area contributed by atoms with Gasteiger partial charge in [-0.05, 0) is 23.8 Å². The van der Waals surface area contributed by atoms with Gasteiger partial charge in [-0.3, -0.25) is 4.79 Å². The average Bonchev–Trinajstić information content (AvgIpc) is 2.75. The number of anilines is 1. The summed E-state index contributed by atoms with van der Waals surface area (Å²) in [4.78, 5) is 18.8. The number of nitrogens with zero attached hydrogens (tertiary/aromatic N) is 2. The smallest absolute Gasteiger partial charge is 0.167 e. The number of carbonyl (C=O) groups excluding carboxylic acids is 1.